The fourth-order valence-corrected chi connectivity index (χ4v) is 2.46. The zero-order valence-corrected chi connectivity index (χ0v) is 9.34. The van der Waals surface area contributed by atoms with Gasteiger partial charge in [-0.05, 0) is 24.5 Å². The van der Waals surface area contributed by atoms with Gasteiger partial charge in [-0.1, -0.05) is 36.0 Å². The van der Waals surface area contributed by atoms with Crippen LogP contribution >= 0.6 is 11.8 Å². The number of hydrogen-bond acceptors (Lipinski definition) is 3. The number of hydrogen-bond donors (Lipinski definition) is 2. The highest BCUT2D eigenvalue weighted by molar-refractivity contribution is 8.15. The first-order chi connectivity index (χ1) is 7.16. The summed E-state index contributed by atoms with van der Waals surface area (Å²) >= 11 is 1.43. The molecular formula is C11H13N3S. The van der Waals surface area contributed by atoms with Gasteiger partial charge in [-0.15, -0.1) is 0 Å². The molecule has 0 unspecified atom stereocenters. The average Bonchev–Trinajstić information content (AvgIpc) is 2.49. The Labute approximate surface area is 93.3 Å². The van der Waals surface area contributed by atoms with Crippen molar-refractivity contribution < 1.29 is 0 Å². The summed E-state index contributed by atoms with van der Waals surface area (Å²) in [5.74, 6) is 0.577. The van der Waals surface area contributed by atoms with Gasteiger partial charge < -0.3 is 5.73 Å². The Kier molecular flexibility index (Phi) is 2.77. The highest BCUT2D eigenvalue weighted by Gasteiger charge is 2.23. The fourth-order valence-electron chi connectivity index (χ4n) is 1.60. The molecule has 78 valence electrons. The zero-order chi connectivity index (χ0) is 10.8. The van der Waals surface area contributed by atoms with Crippen molar-refractivity contribution >= 4 is 22.8 Å². The molecule has 0 radical (unpaired) electrons. The number of rotatable bonds is 2. The van der Waals surface area contributed by atoms with E-state index < -0.39 is 0 Å². The molecule has 1 aromatic carbocycles. The van der Waals surface area contributed by atoms with Gasteiger partial charge in [-0.2, -0.15) is 0 Å². The van der Waals surface area contributed by atoms with Gasteiger partial charge in [-0.25, -0.2) is 4.99 Å². The van der Waals surface area contributed by atoms with Crippen molar-refractivity contribution in [2.24, 2.45) is 10.7 Å². The van der Waals surface area contributed by atoms with E-state index in [0.717, 1.165) is 6.42 Å². The summed E-state index contributed by atoms with van der Waals surface area (Å²) in [7, 11) is 0. The van der Waals surface area contributed by atoms with Crippen LogP contribution in [-0.2, 0) is 6.42 Å². The molecule has 1 aromatic rings. The van der Waals surface area contributed by atoms with E-state index in [1.807, 2.05) is 12.1 Å². The summed E-state index contributed by atoms with van der Waals surface area (Å²) < 4.78 is 0. The average molecular weight is 219 g/mol. The van der Waals surface area contributed by atoms with Crippen molar-refractivity contribution in [3.8, 4) is 0 Å². The second-order valence-electron chi connectivity index (χ2n) is 3.58. The molecule has 0 saturated carbocycles. The van der Waals surface area contributed by atoms with Crippen molar-refractivity contribution in [3.63, 3.8) is 0 Å². The third kappa shape index (κ3) is 2.21. The van der Waals surface area contributed by atoms with Crippen LogP contribution in [-0.4, -0.2) is 16.3 Å². The van der Waals surface area contributed by atoms with Crippen molar-refractivity contribution in [2.45, 2.75) is 18.6 Å². The van der Waals surface area contributed by atoms with Gasteiger partial charge >= 0.3 is 0 Å². The van der Waals surface area contributed by atoms with Crippen LogP contribution in [0, 0.1) is 12.3 Å². The first-order valence-corrected chi connectivity index (χ1v) is 5.68. The molecule has 15 heavy (non-hydrogen) atoms. The van der Waals surface area contributed by atoms with E-state index in [1.165, 1.54) is 22.9 Å². The predicted octanol–water partition coefficient (Wildman–Crippen LogP) is 1.94. The van der Waals surface area contributed by atoms with Gasteiger partial charge in [0.2, 0.25) is 0 Å². The summed E-state index contributed by atoms with van der Waals surface area (Å²) in [6, 6.07) is 8.25. The minimum atomic E-state index is 0.138. The van der Waals surface area contributed by atoms with Crippen molar-refractivity contribution in [2.75, 3.05) is 0 Å². The molecule has 0 aromatic heterocycles. The lowest BCUT2D eigenvalue weighted by molar-refractivity contribution is 1.04. The third-order valence-electron chi connectivity index (χ3n) is 2.48. The predicted molar refractivity (Wildman–Crippen MR) is 65.6 cm³/mol. The van der Waals surface area contributed by atoms with Gasteiger partial charge in [0.05, 0.1) is 5.25 Å². The quantitative estimate of drug-likeness (QED) is 0.798. The lowest BCUT2D eigenvalue weighted by Crippen LogP contribution is -2.24. The number of aliphatic imine (C=N–C) groups is 1. The van der Waals surface area contributed by atoms with Gasteiger partial charge in [0.1, 0.15) is 5.84 Å². The van der Waals surface area contributed by atoms with Gasteiger partial charge in [0.15, 0.2) is 5.17 Å². The minimum Gasteiger partial charge on any atom is -0.386 e. The Morgan fingerprint density at radius 1 is 1.47 bits per heavy atom. The van der Waals surface area contributed by atoms with Gasteiger partial charge in [0.25, 0.3) is 0 Å². The summed E-state index contributed by atoms with van der Waals surface area (Å²) in [5.41, 5.74) is 8.30. The maximum atomic E-state index is 7.42. The summed E-state index contributed by atoms with van der Waals surface area (Å²) in [6.45, 7) is 2.09. The van der Waals surface area contributed by atoms with Crippen LogP contribution in [0.1, 0.15) is 11.1 Å². The molecule has 2 rings (SSSR count). The topological polar surface area (TPSA) is 62.2 Å². The van der Waals surface area contributed by atoms with E-state index in [9.17, 15) is 0 Å². The van der Waals surface area contributed by atoms with Crippen LogP contribution in [0.5, 0.6) is 0 Å². The first-order valence-electron chi connectivity index (χ1n) is 4.80. The zero-order valence-electron chi connectivity index (χ0n) is 8.53. The Balaban J connectivity index is 2.14. The molecule has 4 heteroatoms. The van der Waals surface area contributed by atoms with E-state index in [2.05, 4.69) is 24.0 Å². The molecular weight excluding hydrogens is 206 g/mol. The first kappa shape index (κ1) is 10.2. The summed E-state index contributed by atoms with van der Waals surface area (Å²) in [5, 5.41) is 7.89. The molecule has 0 spiro atoms. The van der Waals surface area contributed by atoms with Crippen LogP contribution < -0.4 is 5.73 Å². The lowest BCUT2D eigenvalue weighted by Gasteiger charge is -2.10. The van der Waals surface area contributed by atoms with Crippen LogP contribution in [0.4, 0.5) is 0 Å². The number of nitrogens with one attached hydrogen (secondary N) is 1. The maximum absolute atomic E-state index is 7.42. The number of nitrogens with zero attached hydrogens (tertiary/aromatic N) is 1. The maximum Gasteiger partial charge on any atom is 0.182 e. The van der Waals surface area contributed by atoms with Crippen molar-refractivity contribution in [3.05, 3.63) is 35.4 Å². The van der Waals surface area contributed by atoms with Gasteiger partial charge in [0, 0.05) is 0 Å². The second kappa shape index (κ2) is 4.06. The molecule has 3 nitrogen and oxygen atoms in total. The molecule has 0 amide bonds. The van der Waals surface area contributed by atoms with E-state index in [4.69, 9.17) is 11.1 Å². The Morgan fingerprint density at radius 3 is 2.80 bits per heavy atom. The van der Waals surface area contributed by atoms with E-state index in [1.54, 1.807) is 0 Å². The van der Waals surface area contributed by atoms with Crippen molar-refractivity contribution in [1.29, 1.82) is 5.41 Å². The van der Waals surface area contributed by atoms with Crippen LogP contribution in [0.2, 0.25) is 0 Å². The monoisotopic (exact) mass is 219 g/mol. The Bertz CT molecular complexity index is 426. The van der Waals surface area contributed by atoms with Gasteiger partial charge in [-0.3, -0.25) is 5.41 Å². The standard InChI is InChI=1S/C11H13N3S/c1-7-4-2-3-5-8(7)6-9-10(12)14-11(13)15-9/h2-5,9H,6H2,1H3,(H3,12,13,14)/t9-/m0/s1. The molecule has 1 atom stereocenters. The minimum absolute atomic E-state index is 0.138. The highest BCUT2D eigenvalue weighted by Crippen LogP contribution is 2.24. The molecule has 0 aliphatic carbocycles. The summed E-state index contributed by atoms with van der Waals surface area (Å²) in [4.78, 5) is 3.94. The molecule has 3 N–H and O–H groups in total. The van der Waals surface area contributed by atoms with Crippen LogP contribution in [0.15, 0.2) is 29.3 Å². The number of aryl methyl sites for hydroxylation is 1. The SMILES string of the molecule is Cc1ccccc1C[C@@H]1SC(=N)N=C1N. The fraction of sp³-hybridized carbons (Fsp3) is 0.273. The van der Waals surface area contributed by atoms with Crippen LogP contribution in [0.25, 0.3) is 0 Å². The van der Waals surface area contributed by atoms with Crippen LogP contribution in [0.3, 0.4) is 0 Å². The molecule has 1 aliphatic heterocycles. The summed E-state index contributed by atoms with van der Waals surface area (Å²) in [6.07, 6.45) is 0.856. The van der Waals surface area contributed by atoms with Crippen molar-refractivity contribution in [1.82, 2.24) is 0 Å². The Morgan fingerprint density at radius 2 is 2.20 bits per heavy atom. The second-order valence-corrected chi connectivity index (χ2v) is 4.77. The number of thioether (sulfide) groups is 1. The molecule has 0 saturated heterocycles. The molecule has 0 fully saturated rings. The Hall–Kier alpha value is -1.29. The molecule has 0 bridgehead atoms. The smallest absolute Gasteiger partial charge is 0.182 e. The highest BCUT2D eigenvalue weighted by atomic mass is 32.2. The molecule has 1 heterocycles. The van der Waals surface area contributed by atoms with E-state index in [-0.39, 0.29) is 5.25 Å². The number of nitrogens with two attached hydrogens (primary N) is 1. The lowest BCUT2D eigenvalue weighted by atomic mass is 10.0. The molecule has 1 aliphatic rings. The number of benzene rings is 1. The number of amidine groups is 2. The normalized spacial score (nSPS) is 20.5. The third-order valence-corrected chi connectivity index (χ3v) is 3.49. The van der Waals surface area contributed by atoms with E-state index in [0.29, 0.717) is 11.0 Å². The van der Waals surface area contributed by atoms with E-state index >= 15 is 0 Å². The largest absolute Gasteiger partial charge is 0.386 e.